The number of aryl methyl sites for hydroxylation is 1. The molecule has 0 saturated carbocycles. The van der Waals surface area contributed by atoms with Crippen LogP contribution in [0.4, 0.5) is 5.69 Å². The highest BCUT2D eigenvalue weighted by molar-refractivity contribution is 6.05. The number of hydrogen-bond donors (Lipinski definition) is 2. The van der Waals surface area contributed by atoms with Crippen LogP contribution in [0, 0.1) is 6.92 Å². The highest BCUT2D eigenvalue weighted by atomic mass is 16.3. The third kappa shape index (κ3) is 2.69. The summed E-state index contributed by atoms with van der Waals surface area (Å²) in [5.41, 5.74) is 2.73. The lowest BCUT2D eigenvalue weighted by atomic mass is 10.1. The molecular formula is C17H14N2O2. The van der Waals surface area contributed by atoms with E-state index in [1.807, 2.05) is 24.3 Å². The minimum atomic E-state index is -0.256. The zero-order valence-corrected chi connectivity index (χ0v) is 11.5. The van der Waals surface area contributed by atoms with Crippen molar-refractivity contribution in [1.29, 1.82) is 0 Å². The summed E-state index contributed by atoms with van der Waals surface area (Å²) >= 11 is 0. The van der Waals surface area contributed by atoms with E-state index < -0.39 is 0 Å². The minimum absolute atomic E-state index is 0.116. The van der Waals surface area contributed by atoms with Crippen molar-refractivity contribution in [1.82, 2.24) is 4.98 Å². The van der Waals surface area contributed by atoms with Gasteiger partial charge in [-0.2, -0.15) is 0 Å². The summed E-state index contributed by atoms with van der Waals surface area (Å²) in [5, 5.41) is 13.4. The zero-order chi connectivity index (χ0) is 14.8. The van der Waals surface area contributed by atoms with Crippen LogP contribution in [0.1, 0.15) is 15.9 Å². The summed E-state index contributed by atoms with van der Waals surface area (Å²) in [4.78, 5) is 16.4. The third-order valence-electron chi connectivity index (χ3n) is 3.33. The van der Waals surface area contributed by atoms with Gasteiger partial charge in [0.2, 0.25) is 0 Å². The summed E-state index contributed by atoms with van der Waals surface area (Å²) in [6.07, 6.45) is 1.73. The second-order valence-corrected chi connectivity index (χ2v) is 4.87. The third-order valence-corrected chi connectivity index (χ3v) is 3.33. The Balaban J connectivity index is 1.87. The smallest absolute Gasteiger partial charge is 0.255 e. The van der Waals surface area contributed by atoms with Gasteiger partial charge in [0.15, 0.2) is 0 Å². The Morgan fingerprint density at radius 2 is 2.00 bits per heavy atom. The maximum atomic E-state index is 12.2. The molecule has 21 heavy (non-hydrogen) atoms. The fourth-order valence-corrected chi connectivity index (χ4v) is 2.11. The molecule has 1 heterocycles. The summed E-state index contributed by atoms with van der Waals surface area (Å²) in [7, 11) is 0. The number of phenolic OH excluding ortho intramolecular Hbond substituents is 1. The SMILES string of the molecule is Cc1ccc(C(=O)Nc2ccc3ncccc3c2)cc1O. The molecule has 1 aromatic heterocycles. The van der Waals surface area contributed by atoms with Crippen LogP contribution in [0.15, 0.2) is 54.7 Å². The molecule has 0 atom stereocenters. The molecule has 104 valence electrons. The summed E-state index contributed by atoms with van der Waals surface area (Å²) in [6.45, 7) is 1.79. The number of aromatic hydroxyl groups is 1. The number of rotatable bonds is 2. The van der Waals surface area contributed by atoms with E-state index >= 15 is 0 Å². The molecule has 4 nitrogen and oxygen atoms in total. The summed E-state index contributed by atoms with van der Waals surface area (Å²) in [5.74, 6) is -0.140. The number of hydrogen-bond acceptors (Lipinski definition) is 3. The van der Waals surface area contributed by atoms with E-state index in [-0.39, 0.29) is 11.7 Å². The van der Waals surface area contributed by atoms with E-state index in [9.17, 15) is 9.90 Å². The van der Waals surface area contributed by atoms with Crippen molar-refractivity contribution in [3.05, 3.63) is 65.9 Å². The number of carbonyl (C=O) groups is 1. The van der Waals surface area contributed by atoms with Gasteiger partial charge in [0.05, 0.1) is 5.52 Å². The average molecular weight is 278 g/mol. The van der Waals surface area contributed by atoms with Gasteiger partial charge < -0.3 is 10.4 Å². The van der Waals surface area contributed by atoms with Crippen LogP contribution in [0.5, 0.6) is 5.75 Å². The molecule has 0 saturated heterocycles. The van der Waals surface area contributed by atoms with Crippen molar-refractivity contribution in [2.75, 3.05) is 5.32 Å². The molecule has 0 fully saturated rings. The van der Waals surface area contributed by atoms with Crippen molar-refractivity contribution in [3.8, 4) is 5.75 Å². The molecule has 1 amide bonds. The van der Waals surface area contributed by atoms with E-state index in [4.69, 9.17) is 0 Å². The lowest BCUT2D eigenvalue weighted by Gasteiger charge is -2.07. The quantitative estimate of drug-likeness (QED) is 0.754. The molecule has 3 aromatic rings. The topological polar surface area (TPSA) is 62.2 Å². The lowest BCUT2D eigenvalue weighted by Crippen LogP contribution is -2.11. The first-order valence-corrected chi connectivity index (χ1v) is 6.59. The first kappa shape index (κ1) is 13.1. The first-order chi connectivity index (χ1) is 10.1. The van der Waals surface area contributed by atoms with E-state index in [0.29, 0.717) is 11.3 Å². The van der Waals surface area contributed by atoms with Gasteiger partial charge in [-0.05, 0) is 48.9 Å². The largest absolute Gasteiger partial charge is 0.508 e. The molecule has 0 spiro atoms. The van der Waals surface area contributed by atoms with Crippen LogP contribution in [0.25, 0.3) is 10.9 Å². The molecule has 4 heteroatoms. The number of benzene rings is 2. The number of carbonyl (C=O) groups excluding carboxylic acids is 1. The first-order valence-electron chi connectivity index (χ1n) is 6.59. The molecule has 0 bridgehead atoms. The van der Waals surface area contributed by atoms with Crippen molar-refractivity contribution >= 4 is 22.5 Å². The molecule has 0 unspecified atom stereocenters. The lowest BCUT2D eigenvalue weighted by molar-refractivity contribution is 0.102. The van der Waals surface area contributed by atoms with Crippen LogP contribution < -0.4 is 5.32 Å². The number of fused-ring (bicyclic) bond motifs is 1. The predicted octanol–water partition coefficient (Wildman–Crippen LogP) is 3.50. The number of nitrogens with zero attached hydrogens (tertiary/aromatic N) is 1. The Kier molecular flexibility index (Phi) is 3.28. The van der Waals surface area contributed by atoms with Crippen molar-refractivity contribution in [3.63, 3.8) is 0 Å². The number of pyridine rings is 1. The van der Waals surface area contributed by atoms with Crippen molar-refractivity contribution < 1.29 is 9.90 Å². The van der Waals surface area contributed by atoms with E-state index in [2.05, 4.69) is 10.3 Å². The van der Waals surface area contributed by atoms with E-state index in [1.54, 1.807) is 31.3 Å². The molecule has 0 aliphatic carbocycles. The van der Waals surface area contributed by atoms with Crippen molar-refractivity contribution in [2.45, 2.75) is 6.92 Å². The Morgan fingerprint density at radius 3 is 2.81 bits per heavy atom. The fraction of sp³-hybridized carbons (Fsp3) is 0.0588. The zero-order valence-electron chi connectivity index (χ0n) is 11.5. The molecule has 0 radical (unpaired) electrons. The van der Waals surface area contributed by atoms with Crippen LogP contribution >= 0.6 is 0 Å². The molecule has 3 rings (SSSR count). The number of amides is 1. The highest BCUT2D eigenvalue weighted by Crippen LogP contribution is 2.20. The van der Waals surface area contributed by atoms with E-state index in [0.717, 1.165) is 16.5 Å². The van der Waals surface area contributed by atoms with Gasteiger partial charge in [-0.25, -0.2) is 0 Å². The average Bonchev–Trinajstić information content (AvgIpc) is 2.50. The maximum absolute atomic E-state index is 12.2. The number of phenols is 1. The number of nitrogens with one attached hydrogen (secondary N) is 1. The molecule has 2 N–H and O–H groups in total. The van der Waals surface area contributed by atoms with Crippen LogP contribution in [-0.2, 0) is 0 Å². The van der Waals surface area contributed by atoms with Gasteiger partial charge >= 0.3 is 0 Å². The number of aromatic nitrogens is 1. The van der Waals surface area contributed by atoms with Crippen LogP contribution in [0.3, 0.4) is 0 Å². The second kappa shape index (κ2) is 5.25. The fourth-order valence-electron chi connectivity index (χ4n) is 2.11. The maximum Gasteiger partial charge on any atom is 0.255 e. The molecular weight excluding hydrogens is 264 g/mol. The van der Waals surface area contributed by atoms with Gasteiger partial charge in [-0.15, -0.1) is 0 Å². The predicted molar refractivity (Wildman–Crippen MR) is 82.5 cm³/mol. The monoisotopic (exact) mass is 278 g/mol. The van der Waals surface area contributed by atoms with E-state index in [1.165, 1.54) is 6.07 Å². The Morgan fingerprint density at radius 1 is 1.14 bits per heavy atom. The van der Waals surface area contributed by atoms with Gasteiger partial charge in [-0.1, -0.05) is 12.1 Å². The normalized spacial score (nSPS) is 10.5. The van der Waals surface area contributed by atoms with Gasteiger partial charge in [0.25, 0.3) is 5.91 Å². The highest BCUT2D eigenvalue weighted by Gasteiger charge is 2.08. The van der Waals surface area contributed by atoms with Crippen LogP contribution in [-0.4, -0.2) is 16.0 Å². The second-order valence-electron chi connectivity index (χ2n) is 4.87. The summed E-state index contributed by atoms with van der Waals surface area (Å²) < 4.78 is 0. The minimum Gasteiger partial charge on any atom is -0.508 e. The molecule has 2 aromatic carbocycles. The Labute approximate surface area is 122 Å². The van der Waals surface area contributed by atoms with Gasteiger partial charge in [0.1, 0.15) is 5.75 Å². The Hall–Kier alpha value is -2.88. The van der Waals surface area contributed by atoms with Crippen molar-refractivity contribution in [2.24, 2.45) is 0 Å². The Bertz CT molecular complexity index is 828. The summed E-state index contributed by atoms with van der Waals surface area (Å²) in [6, 6.07) is 14.2. The number of anilines is 1. The molecule has 0 aliphatic rings. The standard InChI is InChI=1S/C17H14N2O2/c1-11-4-5-13(10-16(11)20)17(21)19-14-6-7-15-12(9-14)3-2-8-18-15/h2-10,20H,1H3,(H,19,21). The van der Waals surface area contributed by atoms with Gasteiger partial charge in [-0.3, -0.25) is 9.78 Å². The molecule has 0 aliphatic heterocycles. The van der Waals surface area contributed by atoms with Crippen LogP contribution in [0.2, 0.25) is 0 Å². The van der Waals surface area contributed by atoms with Gasteiger partial charge in [0, 0.05) is 22.8 Å².